The van der Waals surface area contributed by atoms with Gasteiger partial charge < -0.3 is 28.8 Å². The molecule has 0 saturated carbocycles. The van der Waals surface area contributed by atoms with Crippen molar-refractivity contribution in [2.24, 2.45) is 7.05 Å². The molecule has 152 valence electrons. The number of aromatic nitrogens is 4. The summed E-state index contributed by atoms with van der Waals surface area (Å²) in [5.74, 6) is 0. The van der Waals surface area contributed by atoms with Crippen molar-refractivity contribution in [2.45, 2.75) is 6.10 Å². The topological polar surface area (TPSA) is 88.5 Å². The second-order valence-electron chi connectivity index (χ2n) is 7.30. The Morgan fingerprint density at radius 2 is 2.10 bits per heavy atom. The average Bonchev–Trinajstić information content (AvgIpc) is 3.28. The van der Waals surface area contributed by atoms with Gasteiger partial charge >= 0.3 is 6.09 Å². The van der Waals surface area contributed by atoms with Crippen LogP contribution in [-0.4, -0.2) is 76.0 Å². The number of hydrogen-bond acceptors (Lipinski definition) is 6. The number of nitrogens with zero attached hydrogens (tertiary/aromatic N) is 5. The lowest BCUT2D eigenvalue weighted by Crippen LogP contribution is -2.51. The van der Waals surface area contributed by atoms with Crippen LogP contribution in [-0.2, 0) is 16.5 Å². The molecule has 5 rings (SSSR count). The molecule has 0 bridgehead atoms. The van der Waals surface area contributed by atoms with Crippen molar-refractivity contribution in [3.8, 4) is 11.4 Å². The van der Waals surface area contributed by atoms with E-state index in [1.54, 1.807) is 15.7 Å². The van der Waals surface area contributed by atoms with Gasteiger partial charge in [-0.1, -0.05) is 0 Å². The highest BCUT2D eigenvalue weighted by Crippen LogP contribution is 2.31. The lowest BCUT2D eigenvalue weighted by molar-refractivity contribution is -0.104. The third-order valence-corrected chi connectivity index (χ3v) is 5.71. The summed E-state index contributed by atoms with van der Waals surface area (Å²) in [5.41, 5.74) is 3.52. The molecular weight excluding hydrogens is 396 g/mol. The summed E-state index contributed by atoms with van der Waals surface area (Å²) in [4.78, 5) is 28.4. The van der Waals surface area contributed by atoms with Crippen molar-refractivity contribution < 1.29 is 14.3 Å². The van der Waals surface area contributed by atoms with E-state index in [-0.39, 0.29) is 12.2 Å². The summed E-state index contributed by atoms with van der Waals surface area (Å²) in [6.07, 6.45) is 3.32. The first-order valence-electron chi connectivity index (χ1n) is 9.53. The highest BCUT2D eigenvalue weighted by atomic mass is 35.5. The van der Waals surface area contributed by atoms with Crippen LogP contribution in [0.2, 0.25) is 5.28 Å². The molecule has 1 N–H and O–H groups in total. The van der Waals surface area contributed by atoms with E-state index in [0.717, 1.165) is 41.2 Å². The van der Waals surface area contributed by atoms with Crippen LogP contribution < -0.4 is 4.90 Å². The van der Waals surface area contributed by atoms with Gasteiger partial charge in [-0.05, 0) is 23.7 Å². The normalized spacial score (nSPS) is 17.6. The third kappa shape index (κ3) is 3.40. The van der Waals surface area contributed by atoms with Crippen LogP contribution in [0.4, 0.5) is 10.5 Å². The maximum atomic E-state index is 12.2. The fourth-order valence-corrected chi connectivity index (χ4v) is 3.77. The minimum absolute atomic E-state index is 0.0984. The fourth-order valence-electron chi connectivity index (χ4n) is 3.63. The number of amides is 1. The number of fused-ring (bicyclic) bond motifs is 1. The molecule has 5 heterocycles. The number of piperazine rings is 1. The standard InChI is InChI=1S/C19H21ClN6O3/c1-24-9-15(23-18(24)20)14-8-13-16(2-3-21-17(13)22-14)25-4-6-26(7-5-25)19(27)29-12-10-28-11-12/h2-3,8-9,12H,4-7,10-11H2,1H3,(H,21,22). The number of ether oxygens (including phenoxy) is 2. The van der Waals surface area contributed by atoms with Gasteiger partial charge in [0.05, 0.1) is 18.9 Å². The van der Waals surface area contributed by atoms with Crippen LogP contribution in [0.1, 0.15) is 0 Å². The van der Waals surface area contributed by atoms with Gasteiger partial charge in [0.2, 0.25) is 5.28 Å². The molecule has 2 saturated heterocycles. The second kappa shape index (κ2) is 7.23. The molecule has 0 atom stereocenters. The molecule has 2 aliphatic heterocycles. The molecule has 0 aliphatic carbocycles. The van der Waals surface area contributed by atoms with Crippen molar-refractivity contribution in [1.29, 1.82) is 0 Å². The van der Waals surface area contributed by atoms with Gasteiger partial charge in [-0.15, -0.1) is 0 Å². The maximum absolute atomic E-state index is 12.2. The molecule has 29 heavy (non-hydrogen) atoms. The van der Waals surface area contributed by atoms with Crippen LogP contribution in [0.25, 0.3) is 22.4 Å². The average molecular weight is 417 g/mol. The van der Waals surface area contributed by atoms with Gasteiger partial charge in [-0.2, -0.15) is 0 Å². The predicted molar refractivity (Wildman–Crippen MR) is 108 cm³/mol. The van der Waals surface area contributed by atoms with Crippen molar-refractivity contribution in [3.05, 3.63) is 29.8 Å². The summed E-state index contributed by atoms with van der Waals surface area (Å²) >= 11 is 6.08. The molecule has 0 radical (unpaired) electrons. The summed E-state index contributed by atoms with van der Waals surface area (Å²) in [5, 5.41) is 1.45. The quantitative estimate of drug-likeness (QED) is 0.704. The number of H-pyrrole nitrogens is 1. The molecule has 0 aromatic carbocycles. The SMILES string of the molecule is Cn1cc(-c2cc3c(N4CCN(C(=O)OC5COC5)CC4)ccnc3[nH]2)nc1Cl. The highest BCUT2D eigenvalue weighted by molar-refractivity contribution is 6.28. The second-order valence-corrected chi connectivity index (χ2v) is 7.64. The van der Waals surface area contributed by atoms with Crippen molar-refractivity contribution in [3.63, 3.8) is 0 Å². The Balaban J connectivity index is 1.33. The van der Waals surface area contributed by atoms with Crippen LogP contribution in [0.3, 0.4) is 0 Å². The largest absolute Gasteiger partial charge is 0.441 e. The number of pyridine rings is 1. The Hall–Kier alpha value is -2.78. The molecule has 9 nitrogen and oxygen atoms in total. The Labute approximate surface area is 172 Å². The maximum Gasteiger partial charge on any atom is 0.410 e. The zero-order valence-corrected chi connectivity index (χ0v) is 16.7. The molecule has 3 aromatic heterocycles. The fraction of sp³-hybridized carbons (Fsp3) is 0.421. The number of hydrogen-bond donors (Lipinski definition) is 1. The van der Waals surface area contributed by atoms with Gasteiger partial charge in [-0.3, -0.25) is 0 Å². The molecule has 2 aliphatic rings. The Morgan fingerprint density at radius 3 is 2.76 bits per heavy atom. The van der Waals surface area contributed by atoms with Gasteiger partial charge in [0, 0.05) is 56.7 Å². The smallest absolute Gasteiger partial charge is 0.410 e. The number of imidazole rings is 1. The number of carbonyl (C=O) groups is 1. The van der Waals surface area contributed by atoms with E-state index in [2.05, 4.69) is 19.9 Å². The Morgan fingerprint density at radius 1 is 1.31 bits per heavy atom. The molecule has 0 spiro atoms. The van der Waals surface area contributed by atoms with E-state index in [1.807, 2.05) is 25.4 Å². The van der Waals surface area contributed by atoms with Crippen LogP contribution in [0.5, 0.6) is 0 Å². The summed E-state index contributed by atoms with van der Waals surface area (Å²) in [6.45, 7) is 3.68. The molecule has 2 fully saturated rings. The first-order valence-corrected chi connectivity index (χ1v) is 9.91. The lowest BCUT2D eigenvalue weighted by atomic mass is 10.2. The lowest BCUT2D eigenvalue weighted by Gasteiger charge is -2.37. The zero-order chi connectivity index (χ0) is 20.0. The van der Waals surface area contributed by atoms with E-state index in [9.17, 15) is 4.79 Å². The number of nitrogens with one attached hydrogen (secondary N) is 1. The van der Waals surface area contributed by atoms with Gasteiger partial charge in [-0.25, -0.2) is 14.8 Å². The van der Waals surface area contributed by atoms with Gasteiger partial charge in [0.15, 0.2) is 6.10 Å². The first-order chi connectivity index (χ1) is 14.1. The van der Waals surface area contributed by atoms with Crippen LogP contribution >= 0.6 is 11.6 Å². The molecule has 0 unspecified atom stereocenters. The Bertz CT molecular complexity index is 1030. The number of aromatic amines is 1. The van der Waals surface area contributed by atoms with Gasteiger partial charge in [0.1, 0.15) is 11.3 Å². The summed E-state index contributed by atoms with van der Waals surface area (Å²) in [6, 6.07) is 4.05. The molecular formula is C19H21ClN6O3. The van der Waals surface area contributed by atoms with E-state index < -0.39 is 0 Å². The molecule has 1 amide bonds. The number of rotatable bonds is 3. The first kappa shape index (κ1) is 18.3. The minimum Gasteiger partial charge on any atom is -0.441 e. The van der Waals surface area contributed by atoms with Crippen molar-refractivity contribution >= 4 is 34.4 Å². The number of anilines is 1. The van der Waals surface area contributed by atoms with E-state index in [4.69, 9.17) is 21.1 Å². The van der Waals surface area contributed by atoms with Gasteiger partial charge in [0.25, 0.3) is 0 Å². The van der Waals surface area contributed by atoms with Crippen molar-refractivity contribution in [2.75, 3.05) is 44.3 Å². The van der Waals surface area contributed by atoms with Crippen LogP contribution in [0.15, 0.2) is 24.5 Å². The summed E-state index contributed by atoms with van der Waals surface area (Å²) < 4.78 is 12.2. The predicted octanol–water partition coefficient (Wildman–Crippen LogP) is 2.27. The van der Waals surface area contributed by atoms with E-state index >= 15 is 0 Å². The molecule has 3 aromatic rings. The highest BCUT2D eigenvalue weighted by Gasteiger charge is 2.28. The van der Waals surface area contributed by atoms with E-state index in [1.165, 1.54) is 0 Å². The minimum atomic E-state index is -0.256. The van der Waals surface area contributed by atoms with Crippen LogP contribution in [0, 0.1) is 0 Å². The number of carbonyl (C=O) groups excluding carboxylic acids is 1. The number of aryl methyl sites for hydroxylation is 1. The molecule has 10 heteroatoms. The Kier molecular flexibility index (Phi) is 4.56. The third-order valence-electron chi connectivity index (χ3n) is 5.36. The summed E-state index contributed by atoms with van der Waals surface area (Å²) in [7, 11) is 1.85. The number of halogens is 1. The van der Waals surface area contributed by atoms with E-state index in [0.29, 0.717) is 31.6 Å². The zero-order valence-electron chi connectivity index (χ0n) is 16.0. The monoisotopic (exact) mass is 416 g/mol. The van der Waals surface area contributed by atoms with Crippen molar-refractivity contribution in [1.82, 2.24) is 24.4 Å².